The van der Waals surface area contributed by atoms with E-state index in [4.69, 9.17) is 4.74 Å². The second kappa shape index (κ2) is 11.5. The first kappa shape index (κ1) is 19.0. The van der Waals surface area contributed by atoms with Crippen LogP contribution in [0.4, 0.5) is 0 Å². The van der Waals surface area contributed by atoms with Crippen molar-refractivity contribution in [3.63, 3.8) is 0 Å². The summed E-state index contributed by atoms with van der Waals surface area (Å²) in [7, 11) is 1.85. The zero-order valence-electron chi connectivity index (χ0n) is 13.4. The fourth-order valence-electron chi connectivity index (χ4n) is 3.22. The Hall–Kier alpha value is -0.0400. The third kappa shape index (κ3) is 7.68. The molecular formula is C16H32IN3O. The van der Waals surface area contributed by atoms with E-state index in [0.29, 0.717) is 12.1 Å². The topological polar surface area (TPSA) is 45.7 Å². The van der Waals surface area contributed by atoms with E-state index in [0.717, 1.165) is 25.5 Å². The molecule has 0 bridgehead atoms. The maximum absolute atomic E-state index is 5.93. The monoisotopic (exact) mass is 409 g/mol. The molecule has 0 aromatic carbocycles. The second-order valence-electron chi connectivity index (χ2n) is 6.11. The molecule has 0 heterocycles. The Morgan fingerprint density at radius 3 is 2.38 bits per heavy atom. The number of nitrogens with one attached hydrogen (secondary N) is 2. The average molecular weight is 409 g/mol. The van der Waals surface area contributed by atoms with Crippen molar-refractivity contribution < 1.29 is 4.74 Å². The number of guanidine groups is 1. The largest absolute Gasteiger partial charge is 0.378 e. The molecule has 0 aromatic heterocycles. The van der Waals surface area contributed by atoms with Gasteiger partial charge in [-0.15, -0.1) is 24.0 Å². The van der Waals surface area contributed by atoms with E-state index in [1.54, 1.807) is 0 Å². The summed E-state index contributed by atoms with van der Waals surface area (Å²) < 4.78 is 5.93. The van der Waals surface area contributed by atoms with Gasteiger partial charge in [0.15, 0.2) is 5.96 Å². The molecule has 5 heteroatoms. The number of ether oxygens (including phenoxy) is 1. The summed E-state index contributed by atoms with van der Waals surface area (Å²) >= 11 is 0. The summed E-state index contributed by atoms with van der Waals surface area (Å²) in [6.45, 7) is 1.82. The van der Waals surface area contributed by atoms with Crippen molar-refractivity contribution in [2.45, 2.75) is 76.4 Å². The molecule has 0 aromatic rings. The lowest BCUT2D eigenvalue weighted by Crippen LogP contribution is -2.42. The molecule has 0 spiro atoms. The van der Waals surface area contributed by atoms with E-state index in [1.807, 2.05) is 7.05 Å². The fraction of sp³-hybridized carbons (Fsp3) is 0.938. The molecule has 124 valence electrons. The molecule has 0 aliphatic heterocycles. The van der Waals surface area contributed by atoms with Gasteiger partial charge in [-0.3, -0.25) is 4.99 Å². The third-order valence-electron chi connectivity index (χ3n) is 4.44. The number of hydrogen-bond acceptors (Lipinski definition) is 2. The Kier molecular flexibility index (Phi) is 10.4. The number of aliphatic imine (C=N–C) groups is 1. The SMILES string of the molecule is CN=C(NCCCOC1CCCCC1)NC1CCCC1.I. The number of nitrogens with zero attached hydrogens (tertiary/aromatic N) is 1. The predicted octanol–water partition coefficient (Wildman–Crippen LogP) is 3.45. The Labute approximate surface area is 146 Å². The van der Waals surface area contributed by atoms with E-state index < -0.39 is 0 Å². The van der Waals surface area contributed by atoms with Gasteiger partial charge in [-0.25, -0.2) is 0 Å². The molecule has 2 rings (SSSR count). The molecule has 0 amide bonds. The Balaban J connectivity index is 0.00000220. The van der Waals surface area contributed by atoms with Crippen LogP contribution < -0.4 is 10.6 Å². The molecule has 2 aliphatic rings. The molecule has 2 aliphatic carbocycles. The highest BCUT2D eigenvalue weighted by Gasteiger charge is 2.16. The summed E-state index contributed by atoms with van der Waals surface area (Å²) in [6.07, 6.45) is 13.5. The van der Waals surface area contributed by atoms with Gasteiger partial charge in [0.1, 0.15) is 0 Å². The summed E-state index contributed by atoms with van der Waals surface area (Å²) in [5.74, 6) is 0.953. The zero-order chi connectivity index (χ0) is 14.0. The number of rotatable bonds is 6. The summed E-state index contributed by atoms with van der Waals surface area (Å²) in [5.41, 5.74) is 0. The van der Waals surface area contributed by atoms with Crippen LogP contribution in [0, 0.1) is 0 Å². The summed E-state index contributed by atoms with van der Waals surface area (Å²) in [5, 5.41) is 6.90. The van der Waals surface area contributed by atoms with Gasteiger partial charge in [-0.1, -0.05) is 32.1 Å². The molecule has 0 unspecified atom stereocenters. The minimum Gasteiger partial charge on any atom is -0.378 e. The van der Waals surface area contributed by atoms with E-state index >= 15 is 0 Å². The maximum atomic E-state index is 5.93. The average Bonchev–Trinajstić information content (AvgIpc) is 3.00. The van der Waals surface area contributed by atoms with Crippen LogP contribution in [0.5, 0.6) is 0 Å². The highest BCUT2D eigenvalue weighted by Crippen LogP contribution is 2.20. The zero-order valence-corrected chi connectivity index (χ0v) is 15.7. The molecule has 2 N–H and O–H groups in total. The van der Waals surface area contributed by atoms with Gasteiger partial charge in [-0.05, 0) is 32.1 Å². The highest BCUT2D eigenvalue weighted by molar-refractivity contribution is 14.0. The molecule has 0 radical (unpaired) electrons. The van der Waals surface area contributed by atoms with E-state index in [2.05, 4.69) is 15.6 Å². The van der Waals surface area contributed by atoms with Crippen LogP contribution in [0.1, 0.15) is 64.2 Å². The van der Waals surface area contributed by atoms with E-state index in [9.17, 15) is 0 Å². The minimum absolute atomic E-state index is 0. The van der Waals surface area contributed by atoms with Crippen molar-refractivity contribution in [3.8, 4) is 0 Å². The van der Waals surface area contributed by atoms with Gasteiger partial charge in [0.05, 0.1) is 6.10 Å². The lowest BCUT2D eigenvalue weighted by Gasteiger charge is -2.22. The first-order valence-electron chi connectivity index (χ1n) is 8.47. The van der Waals surface area contributed by atoms with Gasteiger partial charge >= 0.3 is 0 Å². The Morgan fingerprint density at radius 1 is 1.05 bits per heavy atom. The van der Waals surface area contributed by atoms with Gasteiger partial charge < -0.3 is 15.4 Å². The molecule has 21 heavy (non-hydrogen) atoms. The summed E-state index contributed by atoms with van der Waals surface area (Å²) in [6, 6.07) is 0.625. The molecule has 0 atom stereocenters. The van der Waals surface area contributed by atoms with Crippen molar-refractivity contribution in [2.75, 3.05) is 20.2 Å². The maximum Gasteiger partial charge on any atom is 0.191 e. The van der Waals surface area contributed by atoms with Crippen LogP contribution in [0.15, 0.2) is 4.99 Å². The molecule has 0 saturated heterocycles. The van der Waals surface area contributed by atoms with Crippen molar-refractivity contribution in [1.82, 2.24) is 10.6 Å². The van der Waals surface area contributed by atoms with Crippen LogP contribution in [0.3, 0.4) is 0 Å². The van der Waals surface area contributed by atoms with Gasteiger partial charge in [0, 0.05) is 26.2 Å². The first-order chi connectivity index (χ1) is 9.88. The smallest absolute Gasteiger partial charge is 0.191 e. The third-order valence-corrected chi connectivity index (χ3v) is 4.44. The van der Waals surface area contributed by atoms with Crippen LogP contribution in [-0.4, -0.2) is 38.3 Å². The van der Waals surface area contributed by atoms with Crippen LogP contribution in [0.2, 0.25) is 0 Å². The summed E-state index contributed by atoms with van der Waals surface area (Å²) in [4.78, 5) is 4.29. The van der Waals surface area contributed by atoms with Crippen molar-refractivity contribution >= 4 is 29.9 Å². The lowest BCUT2D eigenvalue weighted by atomic mass is 9.98. The van der Waals surface area contributed by atoms with Crippen molar-refractivity contribution in [3.05, 3.63) is 0 Å². The van der Waals surface area contributed by atoms with Crippen LogP contribution in [0.25, 0.3) is 0 Å². The Morgan fingerprint density at radius 2 is 1.71 bits per heavy atom. The Bertz CT molecular complexity index is 287. The molecule has 2 saturated carbocycles. The minimum atomic E-state index is 0. The van der Waals surface area contributed by atoms with E-state index in [1.165, 1.54) is 57.8 Å². The molecule has 2 fully saturated rings. The fourth-order valence-corrected chi connectivity index (χ4v) is 3.22. The normalized spacial score (nSPS) is 21.1. The van der Waals surface area contributed by atoms with Gasteiger partial charge in [0.2, 0.25) is 0 Å². The van der Waals surface area contributed by atoms with Crippen LogP contribution >= 0.6 is 24.0 Å². The van der Waals surface area contributed by atoms with Gasteiger partial charge in [0.25, 0.3) is 0 Å². The van der Waals surface area contributed by atoms with Crippen molar-refractivity contribution in [1.29, 1.82) is 0 Å². The molecular weight excluding hydrogens is 377 g/mol. The van der Waals surface area contributed by atoms with Crippen LogP contribution in [-0.2, 0) is 4.74 Å². The van der Waals surface area contributed by atoms with Gasteiger partial charge in [-0.2, -0.15) is 0 Å². The quantitative estimate of drug-likeness (QED) is 0.306. The first-order valence-corrected chi connectivity index (χ1v) is 8.47. The molecule has 4 nitrogen and oxygen atoms in total. The van der Waals surface area contributed by atoms with E-state index in [-0.39, 0.29) is 24.0 Å². The second-order valence-corrected chi connectivity index (χ2v) is 6.11. The number of halogens is 1. The highest BCUT2D eigenvalue weighted by atomic mass is 127. The predicted molar refractivity (Wildman–Crippen MR) is 99.6 cm³/mol. The lowest BCUT2D eigenvalue weighted by molar-refractivity contribution is 0.0277. The standard InChI is InChI=1S/C16H31N3O.HI/c1-17-16(19-14-8-5-6-9-14)18-12-7-13-20-15-10-3-2-4-11-15;/h14-15H,2-13H2,1H3,(H2,17,18,19);1H. The number of hydrogen-bond donors (Lipinski definition) is 2. The van der Waals surface area contributed by atoms with Crippen molar-refractivity contribution in [2.24, 2.45) is 4.99 Å².